The van der Waals surface area contributed by atoms with Crippen LogP contribution in [-0.4, -0.2) is 63.0 Å². The molecule has 2 amide bonds. The Labute approximate surface area is 144 Å². The normalized spacial score (nSPS) is 16.0. The molecule has 0 aromatic carbocycles. The van der Waals surface area contributed by atoms with E-state index in [-0.39, 0.29) is 17.1 Å². The van der Waals surface area contributed by atoms with Crippen LogP contribution in [0.25, 0.3) is 0 Å². The van der Waals surface area contributed by atoms with Crippen LogP contribution in [0.5, 0.6) is 0 Å². The topological polar surface area (TPSA) is 79.5 Å². The molecule has 8 heteroatoms. The summed E-state index contributed by atoms with van der Waals surface area (Å²) in [6.07, 6.45) is 4.80. The van der Waals surface area contributed by atoms with Gasteiger partial charge in [-0.1, -0.05) is 11.8 Å². The van der Waals surface area contributed by atoms with E-state index in [1.54, 1.807) is 40.4 Å². The Kier molecular flexibility index (Phi) is 5.14. The van der Waals surface area contributed by atoms with Crippen LogP contribution in [0.1, 0.15) is 17.5 Å². The first-order valence-electron chi connectivity index (χ1n) is 7.70. The Hall–Kier alpha value is -2.35. The molecule has 0 bridgehead atoms. The van der Waals surface area contributed by atoms with E-state index in [0.717, 1.165) is 0 Å². The molecular formula is C16H18N4O3S. The van der Waals surface area contributed by atoms with Gasteiger partial charge >= 0.3 is 0 Å². The van der Waals surface area contributed by atoms with Crippen molar-refractivity contribution < 1.29 is 14.0 Å². The molecule has 7 nitrogen and oxygen atoms in total. The molecule has 1 saturated heterocycles. The third-order valence-corrected chi connectivity index (χ3v) is 4.76. The fourth-order valence-corrected chi connectivity index (χ4v) is 3.31. The second kappa shape index (κ2) is 7.48. The first-order chi connectivity index (χ1) is 11.6. The molecule has 0 saturated carbocycles. The van der Waals surface area contributed by atoms with Crippen LogP contribution in [0.2, 0.25) is 0 Å². The van der Waals surface area contributed by atoms with E-state index in [9.17, 15) is 9.59 Å². The van der Waals surface area contributed by atoms with Gasteiger partial charge in [0.05, 0.1) is 11.5 Å². The maximum absolute atomic E-state index is 12.5. The highest BCUT2D eigenvalue weighted by atomic mass is 32.2. The van der Waals surface area contributed by atoms with Crippen LogP contribution in [0.4, 0.5) is 0 Å². The Balaban J connectivity index is 1.52. The van der Waals surface area contributed by atoms with Gasteiger partial charge in [-0.15, -0.1) is 0 Å². The van der Waals surface area contributed by atoms with Gasteiger partial charge in [0.1, 0.15) is 0 Å². The van der Waals surface area contributed by atoms with E-state index < -0.39 is 0 Å². The van der Waals surface area contributed by atoms with Crippen molar-refractivity contribution in [2.24, 2.45) is 0 Å². The van der Waals surface area contributed by atoms with Crippen molar-refractivity contribution in [3.05, 3.63) is 42.6 Å². The lowest BCUT2D eigenvalue weighted by Gasteiger charge is -2.35. The molecule has 1 atom stereocenters. The molecule has 1 aliphatic rings. The van der Waals surface area contributed by atoms with Crippen molar-refractivity contribution >= 4 is 23.6 Å². The van der Waals surface area contributed by atoms with Gasteiger partial charge in [0, 0.05) is 38.6 Å². The molecular weight excluding hydrogens is 328 g/mol. The molecule has 24 heavy (non-hydrogen) atoms. The van der Waals surface area contributed by atoms with Gasteiger partial charge < -0.3 is 14.2 Å². The molecule has 3 heterocycles. The highest BCUT2D eigenvalue weighted by Crippen LogP contribution is 2.21. The summed E-state index contributed by atoms with van der Waals surface area (Å²) in [5, 5.41) is 0.324. The molecule has 0 radical (unpaired) electrons. The molecule has 1 aliphatic heterocycles. The number of amides is 2. The van der Waals surface area contributed by atoms with Crippen molar-refractivity contribution in [1.29, 1.82) is 0 Å². The van der Waals surface area contributed by atoms with E-state index in [4.69, 9.17) is 4.42 Å². The van der Waals surface area contributed by atoms with Gasteiger partial charge in [0.2, 0.25) is 5.91 Å². The number of piperazine rings is 1. The van der Waals surface area contributed by atoms with Gasteiger partial charge in [-0.05, 0) is 25.1 Å². The fourth-order valence-electron chi connectivity index (χ4n) is 2.50. The Morgan fingerprint density at radius 3 is 2.42 bits per heavy atom. The molecule has 3 rings (SSSR count). The first-order valence-corrected chi connectivity index (χ1v) is 8.58. The van der Waals surface area contributed by atoms with Gasteiger partial charge in [-0.25, -0.2) is 9.97 Å². The van der Waals surface area contributed by atoms with E-state index in [2.05, 4.69) is 9.97 Å². The molecule has 2 aromatic heterocycles. The number of nitrogens with zero attached hydrogens (tertiary/aromatic N) is 4. The van der Waals surface area contributed by atoms with E-state index in [1.165, 1.54) is 18.0 Å². The van der Waals surface area contributed by atoms with Gasteiger partial charge in [-0.2, -0.15) is 0 Å². The summed E-state index contributed by atoms with van der Waals surface area (Å²) >= 11 is 1.34. The smallest absolute Gasteiger partial charge is 0.289 e. The van der Waals surface area contributed by atoms with Crippen LogP contribution in [0.3, 0.4) is 0 Å². The number of aromatic nitrogens is 2. The summed E-state index contributed by atoms with van der Waals surface area (Å²) in [5.41, 5.74) is 0. The summed E-state index contributed by atoms with van der Waals surface area (Å²) in [4.78, 5) is 36.5. The zero-order valence-electron chi connectivity index (χ0n) is 13.3. The zero-order valence-corrected chi connectivity index (χ0v) is 14.1. The quantitative estimate of drug-likeness (QED) is 0.617. The zero-order chi connectivity index (χ0) is 16.9. The van der Waals surface area contributed by atoms with Crippen LogP contribution in [-0.2, 0) is 4.79 Å². The summed E-state index contributed by atoms with van der Waals surface area (Å²) < 4.78 is 5.14. The van der Waals surface area contributed by atoms with Crippen LogP contribution < -0.4 is 0 Å². The number of hydrogen-bond donors (Lipinski definition) is 0. The lowest BCUT2D eigenvalue weighted by molar-refractivity contribution is -0.131. The van der Waals surface area contributed by atoms with Crippen LogP contribution >= 0.6 is 11.8 Å². The fraction of sp³-hybridized carbons (Fsp3) is 0.375. The highest BCUT2D eigenvalue weighted by Gasteiger charge is 2.28. The number of carbonyl (C=O) groups excluding carboxylic acids is 2. The Morgan fingerprint density at radius 1 is 1.12 bits per heavy atom. The lowest BCUT2D eigenvalue weighted by Crippen LogP contribution is -2.52. The minimum atomic E-state index is -0.264. The lowest BCUT2D eigenvalue weighted by atomic mass is 10.2. The maximum atomic E-state index is 12.5. The predicted molar refractivity (Wildman–Crippen MR) is 88.5 cm³/mol. The molecule has 126 valence electrons. The minimum Gasteiger partial charge on any atom is -0.459 e. The number of furan rings is 1. The van der Waals surface area contributed by atoms with Crippen molar-refractivity contribution in [2.75, 3.05) is 26.2 Å². The van der Waals surface area contributed by atoms with E-state index >= 15 is 0 Å². The molecule has 2 aromatic rings. The number of rotatable bonds is 4. The largest absolute Gasteiger partial charge is 0.459 e. The average molecular weight is 346 g/mol. The Bertz CT molecular complexity index is 685. The predicted octanol–water partition coefficient (Wildman–Crippen LogP) is 1.53. The van der Waals surface area contributed by atoms with E-state index in [1.807, 2.05) is 6.92 Å². The molecule has 0 N–H and O–H groups in total. The monoisotopic (exact) mass is 346 g/mol. The summed E-state index contributed by atoms with van der Waals surface area (Å²) in [7, 11) is 0. The number of hydrogen-bond acceptors (Lipinski definition) is 6. The molecule has 0 spiro atoms. The van der Waals surface area contributed by atoms with E-state index in [0.29, 0.717) is 37.1 Å². The number of carbonyl (C=O) groups is 2. The summed E-state index contributed by atoms with van der Waals surface area (Å²) in [6.45, 7) is 3.90. The van der Waals surface area contributed by atoms with Crippen molar-refractivity contribution in [2.45, 2.75) is 17.3 Å². The van der Waals surface area contributed by atoms with Crippen molar-refractivity contribution in [3.8, 4) is 0 Å². The third-order valence-electron chi connectivity index (χ3n) is 3.78. The second-order valence-corrected chi connectivity index (χ2v) is 6.69. The SMILES string of the molecule is CC(Sc1ncccn1)C(=O)N1CCN(C(=O)c2ccco2)CC1. The first kappa shape index (κ1) is 16.5. The Morgan fingerprint density at radius 2 is 1.79 bits per heavy atom. The molecule has 1 unspecified atom stereocenters. The standard InChI is InChI=1S/C16H18N4O3S/c1-12(24-16-17-5-3-6-18-16)14(21)19-7-9-20(10-8-19)15(22)13-4-2-11-23-13/h2-6,11-12H,7-10H2,1H3. The molecule has 1 fully saturated rings. The maximum Gasteiger partial charge on any atom is 0.289 e. The second-order valence-electron chi connectivity index (χ2n) is 5.39. The van der Waals surface area contributed by atoms with Gasteiger partial charge in [0.25, 0.3) is 5.91 Å². The third kappa shape index (κ3) is 3.76. The molecule has 0 aliphatic carbocycles. The van der Waals surface area contributed by atoms with Crippen LogP contribution in [0.15, 0.2) is 46.4 Å². The highest BCUT2D eigenvalue weighted by molar-refractivity contribution is 8.00. The minimum absolute atomic E-state index is 0.0394. The van der Waals surface area contributed by atoms with Crippen molar-refractivity contribution in [1.82, 2.24) is 19.8 Å². The van der Waals surface area contributed by atoms with Gasteiger partial charge in [-0.3, -0.25) is 9.59 Å². The summed E-state index contributed by atoms with van der Waals surface area (Å²) in [5.74, 6) is 0.240. The van der Waals surface area contributed by atoms with Gasteiger partial charge in [0.15, 0.2) is 10.9 Å². The summed E-state index contributed by atoms with van der Waals surface area (Å²) in [6, 6.07) is 5.09. The van der Waals surface area contributed by atoms with Crippen LogP contribution in [0, 0.1) is 0 Å². The average Bonchev–Trinajstić information content (AvgIpc) is 3.16. The van der Waals surface area contributed by atoms with Crippen molar-refractivity contribution in [3.63, 3.8) is 0 Å². The number of thioether (sulfide) groups is 1.